The molecule has 12 nitrogen and oxygen atoms in total. The first kappa shape index (κ1) is 42.7. The number of halogens is 1. The molecule has 0 aliphatic carbocycles. The molecule has 2 aliphatic rings. The van der Waals surface area contributed by atoms with Crippen LogP contribution < -0.4 is 27.0 Å². The minimum Gasteiger partial charge on any atom is -0.381 e. The summed E-state index contributed by atoms with van der Waals surface area (Å²) in [6, 6.07) is 40.3. The van der Waals surface area contributed by atoms with Gasteiger partial charge in [-0.15, -0.1) is 0 Å². The van der Waals surface area contributed by atoms with Crippen LogP contribution in [0.2, 0.25) is 0 Å². The van der Waals surface area contributed by atoms with Crippen LogP contribution in [-0.2, 0) is 0 Å². The van der Waals surface area contributed by atoms with Crippen LogP contribution in [-0.4, -0.2) is 94.2 Å². The van der Waals surface area contributed by atoms with Crippen molar-refractivity contribution in [2.45, 2.75) is 7.43 Å². The molecular formula is C48H51BrN12. The van der Waals surface area contributed by atoms with Gasteiger partial charge in [0.25, 0.3) is 0 Å². The lowest BCUT2D eigenvalue weighted by Crippen LogP contribution is -2.45. The Kier molecular flexibility index (Phi) is 14.2. The van der Waals surface area contributed by atoms with E-state index in [1.165, 1.54) is 0 Å². The molecule has 0 unspecified atom stereocenters. The molecule has 0 spiro atoms. The molecule has 0 bridgehead atoms. The Bertz CT molecular complexity index is 2670. The highest BCUT2D eigenvalue weighted by Gasteiger charge is 2.22. The van der Waals surface area contributed by atoms with E-state index in [1.54, 1.807) is 6.20 Å². The van der Waals surface area contributed by atoms with Gasteiger partial charge in [-0.25, -0.2) is 19.9 Å². The van der Waals surface area contributed by atoms with Crippen molar-refractivity contribution in [3.63, 3.8) is 0 Å². The Balaban J connectivity index is 0.000000162. The van der Waals surface area contributed by atoms with Crippen LogP contribution in [0.5, 0.6) is 0 Å². The van der Waals surface area contributed by atoms with Crippen LogP contribution in [0, 0.1) is 0 Å². The number of anilines is 3. The maximum absolute atomic E-state index is 6.42. The number of nitrogens with two attached hydrogens (primary N) is 2. The van der Waals surface area contributed by atoms with E-state index in [-0.39, 0.29) is 7.43 Å². The molecule has 61 heavy (non-hydrogen) atoms. The molecule has 10 rings (SSSR count). The van der Waals surface area contributed by atoms with Crippen LogP contribution in [0.3, 0.4) is 0 Å². The number of nitrogens with one attached hydrogen (secondary N) is 2. The zero-order valence-corrected chi connectivity index (χ0v) is 35.1. The molecule has 4 aromatic carbocycles. The normalized spacial score (nSPS) is 14.0. The Morgan fingerprint density at radius 3 is 1.46 bits per heavy atom. The standard InChI is InChI=1S/C24H24N6.C19H13BrN4.C4H10N2.CH4/c1-29-12-14-30(15-13-29)24-23(25)27-21(17-6-3-2-4-7-17)22(28-24)19-9-10-20-18(16-19)8-5-11-26-20;20-18-19(21)24-16(12-5-2-1-3-6-12)17(23-18)14-8-9-15-13(11-14)7-4-10-22-15;1-2-6-4-3-5-1;/h2-11,16H,12-15H2,1H3,(H2,25,27);1-11H,(H2,21,24);5-6H,1-4H2;1H4. The lowest BCUT2D eigenvalue weighted by molar-refractivity contribution is 0.312. The summed E-state index contributed by atoms with van der Waals surface area (Å²) >= 11 is 3.39. The van der Waals surface area contributed by atoms with Crippen molar-refractivity contribution < 1.29 is 0 Å². The van der Waals surface area contributed by atoms with E-state index >= 15 is 0 Å². The number of nitrogen functional groups attached to an aromatic ring is 2. The summed E-state index contributed by atoms with van der Waals surface area (Å²) in [5.74, 6) is 1.62. The Morgan fingerprint density at radius 1 is 0.508 bits per heavy atom. The molecule has 310 valence electrons. The first-order valence-corrected chi connectivity index (χ1v) is 20.9. The highest BCUT2D eigenvalue weighted by atomic mass is 79.9. The van der Waals surface area contributed by atoms with Gasteiger partial charge >= 0.3 is 0 Å². The molecule has 2 aliphatic heterocycles. The molecule has 4 aromatic heterocycles. The second-order valence-corrected chi connectivity index (χ2v) is 15.3. The fraction of sp³-hybridized carbons (Fsp3) is 0.208. The fourth-order valence-corrected chi connectivity index (χ4v) is 7.43. The summed E-state index contributed by atoms with van der Waals surface area (Å²) in [6.07, 6.45) is 3.60. The Morgan fingerprint density at radius 2 is 0.967 bits per heavy atom. The number of hydrogen-bond donors (Lipinski definition) is 4. The molecule has 0 radical (unpaired) electrons. The van der Waals surface area contributed by atoms with Crippen LogP contribution in [0.1, 0.15) is 7.43 Å². The van der Waals surface area contributed by atoms with Gasteiger partial charge in [0.05, 0.1) is 33.8 Å². The van der Waals surface area contributed by atoms with Gasteiger partial charge in [-0.1, -0.05) is 92.4 Å². The Labute approximate surface area is 365 Å². The zero-order chi connectivity index (χ0) is 41.3. The molecule has 6 N–H and O–H groups in total. The topological polar surface area (TPSA) is 160 Å². The molecule has 0 saturated carbocycles. The van der Waals surface area contributed by atoms with Crippen LogP contribution in [0.4, 0.5) is 17.5 Å². The molecule has 0 atom stereocenters. The number of nitrogens with zero attached hydrogens (tertiary/aromatic N) is 8. The van der Waals surface area contributed by atoms with Gasteiger partial charge in [0, 0.05) is 97.8 Å². The van der Waals surface area contributed by atoms with Crippen molar-refractivity contribution in [1.29, 1.82) is 0 Å². The number of aromatic nitrogens is 6. The van der Waals surface area contributed by atoms with E-state index in [0.717, 1.165) is 125 Å². The van der Waals surface area contributed by atoms with Gasteiger partial charge in [-0.05, 0) is 59.4 Å². The van der Waals surface area contributed by atoms with Crippen molar-refractivity contribution in [1.82, 2.24) is 45.4 Å². The highest BCUT2D eigenvalue weighted by molar-refractivity contribution is 9.10. The number of pyridine rings is 2. The second-order valence-electron chi connectivity index (χ2n) is 14.6. The fourth-order valence-electron chi connectivity index (χ4n) is 7.16. The van der Waals surface area contributed by atoms with E-state index in [2.05, 4.69) is 87.6 Å². The van der Waals surface area contributed by atoms with Gasteiger partial charge in [-0.3, -0.25) is 9.97 Å². The van der Waals surface area contributed by atoms with Crippen molar-refractivity contribution in [2.24, 2.45) is 0 Å². The minimum atomic E-state index is 0. The maximum Gasteiger partial charge on any atom is 0.172 e. The third kappa shape index (κ3) is 10.3. The van der Waals surface area contributed by atoms with E-state index in [0.29, 0.717) is 16.2 Å². The number of fused-ring (bicyclic) bond motifs is 2. The first-order valence-electron chi connectivity index (χ1n) is 20.1. The SMILES string of the molecule is C.C1CNCCN1.CN1CCN(c2nc(-c3ccc4ncccc4c3)c(-c3ccccc3)nc2N)CC1.Nc1nc(-c2ccccc2)c(-c2ccc3ncccc3c2)nc1Br. The minimum absolute atomic E-state index is 0. The van der Waals surface area contributed by atoms with E-state index in [1.807, 2.05) is 103 Å². The molecule has 13 heteroatoms. The number of likely N-dealkylation sites (N-methyl/N-ethyl adjacent to an activating group) is 1. The summed E-state index contributed by atoms with van der Waals surface area (Å²) in [5.41, 5.74) is 21.5. The maximum atomic E-state index is 6.42. The lowest BCUT2D eigenvalue weighted by Gasteiger charge is -2.33. The number of piperazine rings is 2. The molecule has 2 saturated heterocycles. The average molecular weight is 876 g/mol. The third-order valence-electron chi connectivity index (χ3n) is 10.4. The van der Waals surface area contributed by atoms with Gasteiger partial charge in [0.15, 0.2) is 17.5 Å². The number of rotatable bonds is 5. The molecule has 2 fully saturated rings. The molecular weight excluding hydrogens is 825 g/mol. The van der Waals surface area contributed by atoms with E-state index in [9.17, 15) is 0 Å². The average Bonchev–Trinajstić information content (AvgIpc) is 3.31. The molecule has 6 heterocycles. The van der Waals surface area contributed by atoms with Crippen molar-refractivity contribution in [2.75, 3.05) is 75.8 Å². The van der Waals surface area contributed by atoms with Crippen LogP contribution >= 0.6 is 15.9 Å². The van der Waals surface area contributed by atoms with Gasteiger partial charge in [0.1, 0.15) is 4.60 Å². The Hall–Kier alpha value is -6.38. The number of hydrogen-bond acceptors (Lipinski definition) is 12. The third-order valence-corrected chi connectivity index (χ3v) is 11.0. The summed E-state index contributed by atoms with van der Waals surface area (Å²) in [5, 5.41) is 8.58. The van der Waals surface area contributed by atoms with Crippen LogP contribution in [0.15, 0.2) is 138 Å². The van der Waals surface area contributed by atoms with E-state index in [4.69, 9.17) is 21.4 Å². The summed E-state index contributed by atoms with van der Waals surface area (Å²) in [6.45, 7) is 8.30. The second kappa shape index (κ2) is 20.3. The summed E-state index contributed by atoms with van der Waals surface area (Å²) < 4.78 is 0.545. The van der Waals surface area contributed by atoms with Crippen LogP contribution in [0.25, 0.3) is 66.8 Å². The highest BCUT2D eigenvalue weighted by Crippen LogP contribution is 2.36. The van der Waals surface area contributed by atoms with Gasteiger partial charge in [0.2, 0.25) is 0 Å². The van der Waals surface area contributed by atoms with Gasteiger partial charge in [-0.2, -0.15) is 0 Å². The quantitative estimate of drug-likeness (QED) is 0.132. The smallest absolute Gasteiger partial charge is 0.172 e. The lowest BCUT2D eigenvalue weighted by atomic mass is 10.0. The zero-order valence-electron chi connectivity index (χ0n) is 33.5. The van der Waals surface area contributed by atoms with E-state index < -0.39 is 0 Å². The molecule has 8 aromatic rings. The van der Waals surface area contributed by atoms with Crippen molar-refractivity contribution in [3.8, 4) is 45.0 Å². The largest absolute Gasteiger partial charge is 0.381 e. The van der Waals surface area contributed by atoms with Crippen molar-refractivity contribution in [3.05, 3.63) is 138 Å². The molecule has 0 amide bonds. The predicted octanol–water partition coefficient (Wildman–Crippen LogP) is 8.21. The first-order chi connectivity index (χ1) is 29.4. The summed E-state index contributed by atoms with van der Waals surface area (Å²) in [4.78, 5) is 32.5. The number of benzene rings is 4. The van der Waals surface area contributed by atoms with Crippen molar-refractivity contribution >= 4 is 55.2 Å². The van der Waals surface area contributed by atoms with Gasteiger partial charge < -0.3 is 31.9 Å². The predicted molar refractivity (Wildman–Crippen MR) is 255 cm³/mol. The monoisotopic (exact) mass is 874 g/mol. The summed E-state index contributed by atoms with van der Waals surface area (Å²) in [7, 11) is 2.14.